The highest BCUT2D eigenvalue weighted by atomic mass is 16.2. The van der Waals surface area contributed by atoms with Crippen molar-refractivity contribution in [3.8, 4) is 0 Å². The Kier molecular flexibility index (Phi) is 7.66. The molecule has 2 rings (SSSR count). The summed E-state index contributed by atoms with van der Waals surface area (Å²) in [4.78, 5) is 55.4. The van der Waals surface area contributed by atoms with Gasteiger partial charge in [0.1, 0.15) is 12.1 Å². The minimum absolute atomic E-state index is 0.0518. The van der Waals surface area contributed by atoms with Gasteiger partial charge in [-0.3, -0.25) is 19.2 Å². The number of fused-ring (bicyclic) bond motifs is 1. The van der Waals surface area contributed by atoms with Crippen molar-refractivity contribution in [2.24, 2.45) is 17.6 Å². The lowest BCUT2D eigenvalue weighted by atomic mass is 9.91. The third kappa shape index (κ3) is 5.48. The summed E-state index contributed by atoms with van der Waals surface area (Å²) in [5.74, 6) is -0.228. The van der Waals surface area contributed by atoms with Crippen molar-refractivity contribution in [3.05, 3.63) is 0 Å². The van der Waals surface area contributed by atoms with Crippen LogP contribution in [0.1, 0.15) is 60.3 Å². The minimum atomic E-state index is -0.690. The van der Waals surface area contributed by atoms with Gasteiger partial charge in [0.15, 0.2) is 0 Å². The van der Waals surface area contributed by atoms with Crippen molar-refractivity contribution in [2.45, 2.75) is 78.4 Å². The fourth-order valence-corrected chi connectivity index (χ4v) is 4.34. The van der Waals surface area contributed by atoms with Crippen molar-refractivity contribution >= 4 is 23.6 Å². The summed E-state index contributed by atoms with van der Waals surface area (Å²) in [6.07, 6.45) is 1.69. The molecule has 2 heterocycles. The van der Waals surface area contributed by atoms with E-state index >= 15 is 0 Å². The molecular weight excluding hydrogens is 372 g/mol. The number of rotatable bonds is 8. The maximum atomic E-state index is 13.4. The number of carbonyl (C=O) groups is 4. The Morgan fingerprint density at radius 1 is 1.03 bits per heavy atom. The molecule has 164 valence electrons. The average molecular weight is 409 g/mol. The van der Waals surface area contributed by atoms with Crippen LogP contribution in [-0.4, -0.2) is 76.1 Å². The summed E-state index contributed by atoms with van der Waals surface area (Å²) in [6.45, 7) is 11.2. The number of amides is 4. The Labute approximate surface area is 173 Å². The molecule has 2 aliphatic rings. The monoisotopic (exact) mass is 408 g/mol. The Bertz CT molecular complexity index is 649. The van der Waals surface area contributed by atoms with Crippen molar-refractivity contribution in [3.63, 3.8) is 0 Å². The van der Waals surface area contributed by atoms with Crippen molar-refractivity contribution < 1.29 is 19.2 Å². The number of nitrogens with zero attached hydrogens (tertiary/aromatic N) is 3. The largest absolute Gasteiger partial charge is 0.370 e. The number of primary amides is 1. The van der Waals surface area contributed by atoms with E-state index in [0.717, 1.165) is 6.42 Å². The molecule has 2 saturated heterocycles. The van der Waals surface area contributed by atoms with Gasteiger partial charge in [-0.15, -0.1) is 0 Å². The molecule has 0 aliphatic carbocycles. The van der Waals surface area contributed by atoms with Crippen molar-refractivity contribution in [2.75, 3.05) is 19.6 Å². The third-order valence-corrected chi connectivity index (χ3v) is 5.82. The van der Waals surface area contributed by atoms with Crippen LogP contribution in [0, 0.1) is 11.8 Å². The zero-order valence-corrected chi connectivity index (χ0v) is 18.4. The molecule has 0 aromatic carbocycles. The number of piperazine rings is 2. The fraction of sp³-hybridized carbons (Fsp3) is 0.810. The second-order valence-corrected chi connectivity index (χ2v) is 9.20. The zero-order valence-electron chi connectivity index (χ0n) is 18.4. The van der Waals surface area contributed by atoms with Crippen LogP contribution in [0.4, 0.5) is 0 Å². The van der Waals surface area contributed by atoms with E-state index in [9.17, 15) is 19.2 Å². The topological polar surface area (TPSA) is 104 Å². The molecule has 3 atom stereocenters. The van der Waals surface area contributed by atoms with Gasteiger partial charge in [-0.25, -0.2) is 0 Å². The predicted octanol–water partition coefficient (Wildman–Crippen LogP) is 0.983. The summed E-state index contributed by atoms with van der Waals surface area (Å²) in [6, 6.07) is -1.50. The number of hydrogen-bond acceptors (Lipinski definition) is 4. The van der Waals surface area contributed by atoms with E-state index < -0.39 is 18.0 Å². The first-order chi connectivity index (χ1) is 13.5. The maximum Gasteiger partial charge on any atom is 0.246 e. The Morgan fingerprint density at radius 2 is 1.69 bits per heavy atom. The predicted molar refractivity (Wildman–Crippen MR) is 110 cm³/mol. The smallest absolute Gasteiger partial charge is 0.246 e. The first kappa shape index (κ1) is 23.2. The van der Waals surface area contributed by atoms with Gasteiger partial charge >= 0.3 is 0 Å². The molecule has 2 fully saturated rings. The van der Waals surface area contributed by atoms with Crippen LogP contribution in [0.2, 0.25) is 0 Å². The van der Waals surface area contributed by atoms with E-state index in [1.54, 1.807) is 14.7 Å². The minimum Gasteiger partial charge on any atom is -0.370 e. The molecule has 0 unspecified atom stereocenters. The highest BCUT2D eigenvalue weighted by Crippen LogP contribution is 2.30. The molecule has 8 heteroatoms. The van der Waals surface area contributed by atoms with Gasteiger partial charge < -0.3 is 20.4 Å². The molecule has 2 aliphatic heterocycles. The van der Waals surface area contributed by atoms with Gasteiger partial charge in [0.25, 0.3) is 0 Å². The van der Waals surface area contributed by atoms with Crippen LogP contribution in [0.5, 0.6) is 0 Å². The fourth-order valence-electron chi connectivity index (χ4n) is 4.34. The maximum absolute atomic E-state index is 13.4. The summed E-state index contributed by atoms with van der Waals surface area (Å²) in [7, 11) is 0. The third-order valence-electron chi connectivity index (χ3n) is 5.82. The Hall–Kier alpha value is -2.12. The molecule has 0 radical (unpaired) electrons. The molecule has 29 heavy (non-hydrogen) atoms. The lowest BCUT2D eigenvalue weighted by molar-refractivity contribution is -0.170. The van der Waals surface area contributed by atoms with Crippen LogP contribution in [0.25, 0.3) is 0 Å². The highest BCUT2D eigenvalue weighted by Gasteiger charge is 2.50. The van der Waals surface area contributed by atoms with Gasteiger partial charge in [-0.2, -0.15) is 0 Å². The summed E-state index contributed by atoms with van der Waals surface area (Å²) in [5.41, 5.74) is 5.33. The van der Waals surface area contributed by atoms with E-state index in [1.165, 1.54) is 6.92 Å². The molecule has 0 aromatic rings. The van der Waals surface area contributed by atoms with Crippen LogP contribution < -0.4 is 5.73 Å². The Morgan fingerprint density at radius 3 is 2.21 bits per heavy atom. The second-order valence-electron chi connectivity index (χ2n) is 9.20. The molecule has 0 bridgehead atoms. The molecule has 0 aromatic heterocycles. The quantitative estimate of drug-likeness (QED) is 0.646. The van der Waals surface area contributed by atoms with Gasteiger partial charge in [-0.1, -0.05) is 27.7 Å². The molecule has 0 spiro atoms. The SMILES string of the molecule is CC(=O)N1C[C@H]2CN(CCC(C)C)C(=O)[C@H](CCC(N)=O)N2C(=O)[C@@H]1CC(C)C. The van der Waals surface area contributed by atoms with Gasteiger partial charge in [0.2, 0.25) is 23.6 Å². The second kappa shape index (κ2) is 9.59. The summed E-state index contributed by atoms with van der Waals surface area (Å²) >= 11 is 0. The van der Waals surface area contributed by atoms with Crippen LogP contribution >= 0.6 is 0 Å². The normalized spacial score (nSPS) is 25.1. The first-order valence-corrected chi connectivity index (χ1v) is 10.7. The zero-order chi connectivity index (χ0) is 21.9. The van der Waals surface area contributed by atoms with Crippen LogP contribution in [-0.2, 0) is 19.2 Å². The van der Waals surface area contributed by atoms with Gasteiger partial charge in [-0.05, 0) is 31.1 Å². The Balaban J connectivity index is 2.34. The lowest BCUT2D eigenvalue weighted by Gasteiger charge is -2.53. The number of hydrogen-bond donors (Lipinski definition) is 1. The number of carbonyl (C=O) groups excluding carboxylic acids is 4. The molecule has 2 N–H and O–H groups in total. The first-order valence-electron chi connectivity index (χ1n) is 10.7. The molecule has 4 amide bonds. The lowest BCUT2D eigenvalue weighted by Crippen LogP contribution is -2.72. The van der Waals surface area contributed by atoms with E-state index in [2.05, 4.69) is 13.8 Å². The standard InChI is InChI=1S/C21H36N4O4/c1-13(2)8-9-23-11-16-12-24(15(5)26)18(10-14(3)4)21(29)25(16)17(20(23)28)6-7-19(22)27/h13-14,16-18H,6-12H2,1-5H3,(H2,22,27)/t16-,17+,18+/m1/s1. The van der Waals surface area contributed by atoms with Gasteiger partial charge in [0.05, 0.1) is 6.04 Å². The summed E-state index contributed by atoms with van der Waals surface area (Å²) < 4.78 is 0. The molecule has 0 saturated carbocycles. The van der Waals surface area contributed by atoms with Gasteiger partial charge in [0, 0.05) is 33.0 Å². The number of nitrogens with two attached hydrogens (primary N) is 1. The average Bonchev–Trinajstić information content (AvgIpc) is 2.60. The molecular formula is C21H36N4O4. The van der Waals surface area contributed by atoms with E-state index in [4.69, 9.17) is 5.73 Å². The van der Waals surface area contributed by atoms with E-state index in [0.29, 0.717) is 32.0 Å². The van der Waals surface area contributed by atoms with Crippen LogP contribution in [0.15, 0.2) is 0 Å². The van der Waals surface area contributed by atoms with Crippen molar-refractivity contribution in [1.82, 2.24) is 14.7 Å². The van der Waals surface area contributed by atoms with Crippen molar-refractivity contribution in [1.29, 1.82) is 0 Å². The highest BCUT2D eigenvalue weighted by molar-refractivity contribution is 5.94. The molecule has 8 nitrogen and oxygen atoms in total. The van der Waals surface area contributed by atoms with E-state index in [1.807, 2.05) is 13.8 Å². The van der Waals surface area contributed by atoms with Crippen LogP contribution in [0.3, 0.4) is 0 Å². The van der Waals surface area contributed by atoms with E-state index in [-0.39, 0.29) is 42.5 Å². The summed E-state index contributed by atoms with van der Waals surface area (Å²) in [5, 5.41) is 0.